The number of aryl methyl sites for hydroxylation is 1. The van der Waals surface area contributed by atoms with E-state index in [9.17, 15) is 13.8 Å². The standard InChI is InChI=1S/C13H15NO3S.C8H9NO/c15-13-6-3-10-9-11(4-5-12(10)14-13)17-7-1-2-8-18-16;1-7(10)9-8-5-3-2-4-6-8/h4-5,8-9H,1-3,6-7H2,(H,14,15);2-6H,1H3,(H,9,10). The molecule has 28 heavy (non-hydrogen) atoms. The maximum atomic E-state index is 11.2. The van der Waals surface area contributed by atoms with E-state index in [0.29, 0.717) is 24.3 Å². The largest absolute Gasteiger partial charge is 0.494 e. The molecule has 0 fully saturated rings. The summed E-state index contributed by atoms with van der Waals surface area (Å²) in [5.74, 6) is 0.854. The molecule has 0 bridgehead atoms. The van der Waals surface area contributed by atoms with Gasteiger partial charge in [0.05, 0.1) is 17.9 Å². The Kier molecular flexibility index (Phi) is 8.94. The third-order valence-corrected chi connectivity index (χ3v) is 4.24. The van der Waals surface area contributed by atoms with Crippen molar-refractivity contribution < 1.29 is 18.5 Å². The first-order valence-electron chi connectivity index (χ1n) is 9.07. The monoisotopic (exact) mass is 400 g/mol. The summed E-state index contributed by atoms with van der Waals surface area (Å²) in [4.78, 5) is 21.7. The number of nitrogens with one attached hydrogen (secondary N) is 2. The van der Waals surface area contributed by atoms with Gasteiger partial charge >= 0.3 is 0 Å². The second kappa shape index (κ2) is 11.7. The molecule has 7 heteroatoms. The number of unbranched alkanes of at least 4 members (excludes halogenated alkanes) is 1. The molecule has 0 atom stereocenters. The van der Waals surface area contributed by atoms with Gasteiger partial charge in [0.1, 0.15) is 5.75 Å². The van der Waals surface area contributed by atoms with E-state index in [1.54, 1.807) is 5.37 Å². The zero-order valence-corrected chi connectivity index (χ0v) is 16.6. The van der Waals surface area contributed by atoms with Crippen LogP contribution in [0.4, 0.5) is 11.4 Å². The normalized spacial score (nSPS) is 11.8. The third-order valence-electron chi connectivity index (χ3n) is 3.87. The lowest BCUT2D eigenvalue weighted by Gasteiger charge is -2.17. The minimum absolute atomic E-state index is 0.0359. The van der Waals surface area contributed by atoms with Crippen LogP contribution in [-0.4, -0.2) is 28.0 Å². The third kappa shape index (κ3) is 7.75. The van der Waals surface area contributed by atoms with Crippen molar-refractivity contribution in [3.63, 3.8) is 0 Å². The van der Waals surface area contributed by atoms with Crippen molar-refractivity contribution in [3.05, 3.63) is 54.1 Å². The Bertz CT molecular complexity index is 849. The summed E-state index contributed by atoms with van der Waals surface area (Å²) in [6, 6.07) is 15.1. The Morgan fingerprint density at radius 3 is 2.71 bits per heavy atom. The maximum absolute atomic E-state index is 11.2. The van der Waals surface area contributed by atoms with E-state index >= 15 is 0 Å². The summed E-state index contributed by atoms with van der Waals surface area (Å²) in [6.07, 6.45) is 2.89. The van der Waals surface area contributed by atoms with Crippen molar-refractivity contribution in [1.29, 1.82) is 0 Å². The fourth-order valence-corrected chi connectivity index (χ4v) is 2.84. The molecule has 2 N–H and O–H groups in total. The molecule has 0 saturated heterocycles. The van der Waals surface area contributed by atoms with Crippen molar-refractivity contribution in [2.75, 3.05) is 17.2 Å². The summed E-state index contributed by atoms with van der Waals surface area (Å²) in [7, 11) is 0. The molecule has 3 rings (SSSR count). The molecule has 1 aliphatic rings. The lowest BCUT2D eigenvalue weighted by molar-refractivity contribution is -0.116. The highest BCUT2D eigenvalue weighted by Crippen LogP contribution is 2.26. The van der Waals surface area contributed by atoms with Gasteiger partial charge in [-0.1, -0.05) is 18.2 Å². The number of fused-ring (bicyclic) bond motifs is 1. The molecular weight excluding hydrogens is 376 g/mol. The Morgan fingerprint density at radius 1 is 1.21 bits per heavy atom. The van der Waals surface area contributed by atoms with Crippen LogP contribution in [0.2, 0.25) is 0 Å². The minimum atomic E-state index is -0.0359. The predicted molar refractivity (Wildman–Crippen MR) is 113 cm³/mol. The quantitative estimate of drug-likeness (QED) is 0.575. The van der Waals surface area contributed by atoms with E-state index in [1.807, 2.05) is 48.5 Å². The van der Waals surface area contributed by atoms with Crippen LogP contribution in [0.5, 0.6) is 5.75 Å². The van der Waals surface area contributed by atoms with Gasteiger partial charge < -0.3 is 15.4 Å². The summed E-state index contributed by atoms with van der Waals surface area (Å²) in [5.41, 5.74) is 2.85. The number of rotatable bonds is 6. The molecule has 0 spiro atoms. The first kappa shape index (κ1) is 21.4. The van der Waals surface area contributed by atoms with Crippen LogP contribution in [0.1, 0.15) is 31.7 Å². The average Bonchev–Trinajstić information content (AvgIpc) is 2.69. The van der Waals surface area contributed by atoms with Gasteiger partial charge in [0.15, 0.2) is 0 Å². The number of hydrogen-bond donors (Lipinski definition) is 2. The van der Waals surface area contributed by atoms with Crippen molar-refractivity contribution in [2.45, 2.75) is 32.6 Å². The number of para-hydroxylation sites is 1. The Morgan fingerprint density at radius 2 is 2.00 bits per heavy atom. The van der Waals surface area contributed by atoms with E-state index in [1.165, 1.54) is 6.92 Å². The van der Waals surface area contributed by atoms with Crippen LogP contribution in [0.3, 0.4) is 0 Å². The zero-order valence-electron chi connectivity index (χ0n) is 15.8. The zero-order chi connectivity index (χ0) is 20.2. The van der Waals surface area contributed by atoms with Crippen molar-refractivity contribution in [1.82, 2.24) is 0 Å². The van der Waals surface area contributed by atoms with E-state index in [2.05, 4.69) is 10.6 Å². The molecule has 148 valence electrons. The van der Waals surface area contributed by atoms with Gasteiger partial charge in [-0.05, 0) is 55.2 Å². The SMILES string of the molecule is CC(=O)Nc1ccccc1.O=S=CCCCOc1ccc2c(c1)CCC(=O)N2. The van der Waals surface area contributed by atoms with E-state index in [0.717, 1.165) is 42.0 Å². The first-order chi connectivity index (χ1) is 13.6. The van der Waals surface area contributed by atoms with Crippen LogP contribution in [0.25, 0.3) is 0 Å². The average molecular weight is 401 g/mol. The molecule has 0 aromatic heterocycles. The lowest BCUT2D eigenvalue weighted by Crippen LogP contribution is -2.18. The molecule has 2 aromatic carbocycles. The molecule has 0 unspecified atom stereocenters. The van der Waals surface area contributed by atoms with Gasteiger partial charge in [-0.15, -0.1) is 0 Å². The van der Waals surface area contributed by atoms with Gasteiger partial charge in [-0.2, -0.15) is 0 Å². The number of carbonyl (C=O) groups is 2. The molecule has 1 heterocycles. The molecule has 1 aliphatic heterocycles. The molecule has 0 saturated carbocycles. The number of hydrogen-bond acceptors (Lipinski definition) is 4. The van der Waals surface area contributed by atoms with Gasteiger partial charge in [0, 0.05) is 30.1 Å². The van der Waals surface area contributed by atoms with E-state index in [4.69, 9.17) is 4.74 Å². The summed E-state index contributed by atoms with van der Waals surface area (Å²) in [5, 5.41) is 7.13. The molecule has 0 aliphatic carbocycles. The summed E-state index contributed by atoms with van der Waals surface area (Å²) in [6.45, 7) is 2.09. The maximum Gasteiger partial charge on any atom is 0.224 e. The fourth-order valence-electron chi connectivity index (χ4n) is 2.58. The second-order valence-electron chi connectivity index (χ2n) is 6.17. The summed E-state index contributed by atoms with van der Waals surface area (Å²) >= 11 is 0.496. The topological polar surface area (TPSA) is 84.5 Å². The number of anilines is 2. The highest BCUT2D eigenvalue weighted by Gasteiger charge is 2.14. The van der Waals surface area contributed by atoms with Crippen LogP contribution in [0, 0.1) is 0 Å². The van der Waals surface area contributed by atoms with Crippen LogP contribution in [-0.2, 0) is 27.3 Å². The molecule has 6 nitrogen and oxygen atoms in total. The van der Waals surface area contributed by atoms with Crippen LogP contribution in [0.15, 0.2) is 48.5 Å². The number of benzene rings is 2. The molecule has 2 aromatic rings. The van der Waals surface area contributed by atoms with Gasteiger partial charge in [0.25, 0.3) is 0 Å². The molecule has 2 amide bonds. The van der Waals surface area contributed by atoms with Crippen molar-refractivity contribution >= 4 is 39.8 Å². The molecular formula is C21H24N2O4S. The van der Waals surface area contributed by atoms with Gasteiger partial charge in [0.2, 0.25) is 11.8 Å². The predicted octanol–water partition coefficient (Wildman–Crippen LogP) is 3.39. The highest BCUT2D eigenvalue weighted by atomic mass is 32.1. The smallest absolute Gasteiger partial charge is 0.224 e. The number of carbonyl (C=O) groups excluding carboxylic acids is 2. The van der Waals surface area contributed by atoms with Crippen molar-refractivity contribution in [2.24, 2.45) is 0 Å². The first-order valence-corrected chi connectivity index (χ1v) is 9.87. The Labute approximate surface area is 168 Å². The lowest BCUT2D eigenvalue weighted by atomic mass is 10.0. The molecule has 0 radical (unpaired) electrons. The van der Waals surface area contributed by atoms with Crippen LogP contribution < -0.4 is 15.4 Å². The van der Waals surface area contributed by atoms with E-state index < -0.39 is 0 Å². The van der Waals surface area contributed by atoms with Crippen LogP contribution >= 0.6 is 0 Å². The fraction of sp³-hybridized carbons (Fsp3) is 0.286. The van der Waals surface area contributed by atoms with Gasteiger partial charge in [-0.3, -0.25) is 9.59 Å². The number of ether oxygens (including phenoxy) is 1. The number of amides is 2. The minimum Gasteiger partial charge on any atom is -0.494 e. The van der Waals surface area contributed by atoms with Gasteiger partial charge in [-0.25, -0.2) is 4.21 Å². The Hall–Kier alpha value is -2.93. The highest BCUT2D eigenvalue weighted by molar-refractivity contribution is 7.64. The second-order valence-corrected chi connectivity index (χ2v) is 6.69. The van der Waals surface area contributed by atoms with Crippen molar-refractivity contribution in [3.8, 4) is 5.75 Å². The Balaban J connectivity index is 0.000000237. The summed E-state index contributed by atoms with van der Waals surface area (Å²) < 4.78 is 15.7. The van der Waals surface area contributed by atoms with E-state index in [-0.39, 0.29) is 11.8 Å².